The largest absolute Gasteiger partial charge is 0.338 e. The van der Waals surface area contributed by atoms with Crippen LogP contribution in [0.3, 0.4) is 0 Å². The van der Waals surface area contributed by atoms with Crippen LogP contribution >= 0.6 is 11.6 Å². The Kier molecular flexibility index (Phi) is 4.94. The fourth-order valence-electron chi connectivity index (χ4n) is 1.48. The molecule has 0 unspecified atom stereocenters. The van der Waals surface area contributed by atoms with E-state index in [9.17, 15) is 8.42 Å². The zero-order chi connectivity index (χ0) is 15.5. The summed E-state index contributed by atoms with van der Waals surface area (Å²) in [4.78, 5) is 4.13. The van der Waals surface area contributed by atoms with Crippen molar-refractivity contribution in [3.05, 3.63) is 35.2 Å². The lowest BCUT2D eigenvalue weighted by Gasteiger charge is -2.14. The molecular weight excluding hydrogens is 316 g/mol. The Hall–Kier alpha value is -1.48. The molecule has 2 rings (SSSR count). The highest BCUT2D eigenvalue weighted by atomic mass is 35.5. The van der Waals surface area contributed by atoms with Crippen LogP contribution in [-0.4, -0.2) is 36.5 Å². The van der Waals surface area contributed by atoms with Gasteiger partial charge in [-0.2, -0.15) is 22.4 Å². The van der Waals surface area contributed by atoms with Crippen molar-refractivity contribution in [1.29, 1.82) is 0 Å². The molecule has 0 aliphatic heterocycles. The van der Waals surface area contributed by atoms with Gasteiger partial charge in [0.15, 0.2) is 0 Å². The van der Waals surface area contributed by atoms with Crippen molar-refractivity contribution in [3.63, 3.8) is 0 Å². The lowest BCUT2D eigenvalue weighted by molar-refractivity contribution is 0.373. The molecule has 21 heavy (non-hydrogen) atoms. The standard InChI is InChI=1S/C12H15ClN4O3S/c1-3-17(2)21(18,19)14-8-11-15-12(16-20-11)9-4-6-10(13)7-5-9/h4-7,14H,3,8H2,1-2H3. The van der Waals surface area contributed by atoms with E-state index >= 15 is 0 Å². The third-order valence-corrected chi connectivity index (χ3v) is 4.67. The normalized spacial score (nSPS) is 12.0. The van der Waals surface area contributed by atoms with Crippen LogP contribution in [0.2, 0.25) is 5.02 Å². The summed E-state index contributed by atoms with van der Waals surface area (Å²) in [6, 6.07) is 6.94. The lowest BCUT2D eigenvalue weighted by atomic mass is 10.2. The van der Waals surface area contributed by atoms with E-state index in [-0.39, 0.29) is 12.4 Å². The fraction of sp³-hybridized carbons (Fsp3) is 0.333. The molecule has 1 heterocycles. The average Bonchev–Trinajstić information content (AvgIpc) is 2.94. The van der Waals surface area contributed by atoms with Crippen molar-refractivity contribution in [3.8, 4) is 11.4 Å². The number of rotatable bonds is 6. The maximum Gasteiger partial charge on any atom is 0.279 e. The third-order valence-electron chi connectivity index (χ3n) is 2.83. The molecule has 1 N–H and O–H groups in total. The minimum Gasteiger partial charge on any atom is -0.338 e. The first-order valence-corrected chi connectivity index (χ1v) is 8.03. The second-order valence-corrected chi connectivity index (χ2v) is 6.56. The van der Waals surface area contributed by atoms with Crippen molar-refractivity contribution < 1.29 is 12.9 Å². The predicted octanol–water partition coefficient (Wildman–Crippen LogP) is 1.68. The predicted molar refractivity (Wildman–Crippen MR) is 78.8 cm³/mol. The molecule has 0 amide bonds. The molecule has 0 spiro atoms. The van der Waals surface area contributed by atoms with Crippen LogP contribution in [0.4, 0.5) is 0 Å². The van der Waals surface area contributed by atoms with Gasteiger partial charge in [0.05, 0.1) is 6.54 Å². The van der Waals surface area contributed by atoms with Gasteiger partial charge in [-0.25, -0.2) is 0 Å². The maximum atomic E-state index is 11.8. The zero-order valence-corrected chi connectivity index (χ0v) is 13.1. The fourth-order valence-corrected chi connectivity index (χ4v) is 2.47. The molecule has 0 saturated carbocycles. The summed E-state index contributed by atoms with van der Waals surface area (Å²) in [6.07, 6.45) is 0. The van der Waals surface area contributed by atoms with Crippen molar-refractivity contribution >= 4 is 21.8 Å². The molecule has 114 valence electrons. The lowest BCUT2D eigenvalue weighted by Crippen LogP contribution is -2.37. The average molecular weight is 331 g/mol. The molecule has 9 heteroatoms. The van der Waals surface area contributed by atoms with E-state index in [1.54, 1.807) is 31.2 Å². The van der Waals surface area contributed by atoms with E-state index in [2.05, 4.69) is 14.9 Å². The molecular formula is C12H15ClN4O3S. The van der Waals surface area contributed by atoms with Gasteiger partial charge in [0.25, 0.3) is 10.2 Å². The Morgan fingerprint density at radius 1 is 1.33 bits per heavy atom. The number of hydrogen-bond donors (Lipinski definition) is 1. The molecule has 1 aromatic carbocycles. The van der Waals surface area contributed by atoms with Crippen molar-refractivity contribution in [2.75, 3.05) is 13.6 Å². The van der Waals surface area contributed by atoms with E-state index in [0.717, 1.165) is 5.56 Å². The molecule has 7 nitrogen and oxygen atoms in total. The Morgan fingerprint density at radius 2 is 2.00 bits per heavy atom. The van der Waals surface area contributed by atoms with Gasteiger partial charge in [0, 0.05) is 24.2 Å². The van der Waals surface area contributed by atoms with Crippen LogP contribution in [0.5, 0.6) is 0 Å². The molecule has 0 radical (unpaired) electrons. The number of aromatic nitrogens is 2. The van der Waals surface area contributed by atoms with Gasteiger partial charge in [-0.05, 0) is 24.3 Å². The molecule has 0 aliphatic rings. The number of halogens is 1. The van der Waals surface area contributed by atoms with Crippen LogP contribution in [-0.2, 0) is 16.8 Å². The van der Waals surface area contributed by atoms with E-state index in [1.165, 1.54) is 11.4 Å². The smallest absolute Gasteiger partial charge is 0.279 e. The van der Waals surface area contributed by atoms with Gasteiger partial charge in [0.2, 0.25) is 11.7 Å². The number of hydrogen-bond acceptors (Lipinski definition) is 5. The quantitative estimate of drug-likeness (QED) is 0.870. The second-order valence-electron chi connectivity index (χ2n) is 4.26. The third kappa shape index (κ3) is 4.01. The van der Waals surface area contributed by atoms with Crippen molar-refractivity contribution in [1.82, 2.24) is 19.2 Å². The first-order valence-electron chi connectivity index (χ1n) is 6.22. The summed E-state index contributed by atoms with van der Waals surface area (Å²) in [7, 11) is -2.05. The Bertz CT molecular complexity index is 700. The summed E-state index contributed by atoms with van der Waals surface area (Å²) < 4.78 is 32.1. The number of nitrogens with zero attached hydrogens (tertiary/aromatic N) is 3. The van der Waals surface area contributed by atoms with Crippen LogP contribution in [0, 0.1) is 0 Å². The molecule has 0 atom stereocenters. The molecule has 2 aromatic rings. The van der Waals surface area contributed by atoms with Gasteiger partial charge < -0.3 is 4.52 Å². The monoisotopic (exact) mass is 330 g/mol. The highest BCUT2D eigenvalue weighted by Gasteiger charge is 2.17. The first-order chi connectivity index (χ1) is 9.92. The van der Waals surface area contributed by atoms with Gasteiger partial charge in [-0.1, -0.05) is 23.7 Å². The summed E-state index contributed by atoms with van der Waals surface area (Å²) >= 11 is 5.80. The summed E-state index contributed by atoms with van der Waals surface area (Å²) in [5, 5.41) is 4.41. The van der Waals surface area contributed by atoms with Gasteiger partial charge >= 0.3 is 0 Å². The number of nitrogens with one attached hydrogen (secondary N) is 1. The molecule has 1 aromatic heterocycles. The second kappa shape index (κ2) is 6.52. The SMILES string of the molecule is CCN(C)S(=O)(=O)NCc1nc(-c2ccc(Cl)cc2)no1. The number of benzene rings is 1. The molecule has 0 aliphatic carbocycles. The minimum absolute atomic E-state index is 0.0622. The van der Waals surface area contributed by atoms with E-state index < -0.39 is 10.2 Å². The van der Waals surface area contributed by atoms with Gasteiger partial charge in [0.1, 0.15) is 0 Å². The molecule has 0 saturated heterocycles. The minimum atomic E-state index is -3.53. The van der Waals surface area contributed by atoms with Crippen LogP contribution in [0.25, 0.3) is 11.4 Å². The Balaban J connectivity index is 2.06. The zero-order valence-electron chi connectivity index (χ0n) is 11.6. The van der Waals surface area contributed by atoms with Crippen molar-refractivity contribution in [2.24, 2.45) is 0 Å². The van der Waals surface area contributed by atoms with Gasteiger partial charge in [-0.15, -0.1) is 0 Å². The van der Waals surface area contributed by atoms with Crippen molar-refractivity contribution in [2.45, 2.75) is 13.5 Å². The summed E-state index contributed by atoms with van der Waals surface area (Å²) in [6.45, 7) is 2.05. The maximum absolute atomic E-state index is 11.8. The van der Waals surface area contributed by atoms with E-state index in [1.807, 2.05) is 0 Å². The highest BCUT2D eigenvalue weighted by molar-refractivity contribution is 7.87. The summed E-state index contributed by atoms with van der Waals surface area (Å²) in [5.74, 6) is 0.567. The van der Waals surface area contributed by atoms with Crippen LogP contribution in [0.15, 0.2) is 28.8 Å². The Morgan fingerprint density at radius 3 is 2.62 bits per heavy atom. The molecule has 0 fully saturated rings. The Labute approximate surface area is 128 Å². The molecule has 0 bridgehead atoms. The summed E-state index contributed by atoms with van der Waals surface area (Å²) in [5.41, 5.74) is 0.739. The van der Waals surface area contributed by atoms with Gasteiger partial charge in [-0.3, -0.25) is 0 Å². The van der Waals surface area contributed by atoms with E-state index in [0.29, 0.717) is 17.4 Å². The highest BCUT2D eigenvalue weighted by Crippen LogP contribution is 2.18. The topological polar surface area (TPSA) is 88.3 Å². The first kappa shape index (κ1) is 15.9. The van der Waals surface area contributed by atoms with Crippen LogP contribution in [0.1, 0.15) is 12.8 Å². The van der Waals surface area contributed by atoms with Crippen LogP contribution < -0.4 is 4.72 Å². The van der Waals surface area contributed by atoms with E-state index in [4.69, 9.17) is 16.1 Å².